The molecule has 3 rings (SSSR count). The molecule has 0 saturated heterocycles. The average molecular weight is 352 g/mol. The van der Waals surface area contributed by atoms with Crippen molar-refractivity contribution in [2.75, 3.05) is 6.61 Å². The molecule has 2 aromatic carbocycles. The van der Waals surface area contributed by atoms with Crippen molar-refractivity contribution in [1.29, 1.82) is 0 Å². The van der Waals surface area contributed by atoms with E-state index in [1.54, 1.807) is 12.1 Å². The second-order valence-corrected chi connectivity index (χ2v) is 6.00. The standard InChI is InChI=1S/C21H20O5/c1-3-14(2)25-21(23)13-24-16-9-10-17-18(15-7-5-4-6-8-15)12-20(22)26-19(17)11-16/h4-12,14H,3,13H2,1-2H3/t14-/m1/s1. The van der Waals surface area contributed by atoms with Crippen LogP contribution in [0.3, 0.4) is 0 Å². The van der Waals surface area contributed by atoms with Crippen molar-refractivity contribution in [2.45, 2.75) is 26.4 Å². The second-order valence-electron chi connectivity index (χ2n) is 6.00. The Balaban J connectivity index is 1.86. The van der Waals surface area contributed by atoms with E-state index >= 15 is 0 Å². The van der Waals surface area contributed by atoms with Gasteiger partial charge in [-0.3, -0.25) is 0 Å². The quantitative estimate of drug-likeness (QED) is 0.492. The van der Waals surface area contributed by atoms with Crippen LogP contribution < -0.4 is 10.4 Å². The molecular formula is C21H20O5. The lowest BCUT2D eigenvalue weighted by Crippen LogP contribution is -2.20. The van der Waals surface area contributed by atoms with Crippen molar-refractivity contribution in [3.8, 4) is 16.9 Å². The maximum atomic E-state index is 11.9. The molecule has 0 amide bonds. The minimum absolute atomic E-state index is 0.144. The van der Waals surface area contributed by atoms with Crippen LogP contribution in [0.4, 0.5) is 0 Å². The summed E-state index contributed by atoms with van der Waals surface area (Å²) in [6.07, 6.45) is 0.601. The third-order valence-electron chi connectivity index (χ3n) is 4.07. The van der Waals surface area contributed by atoms with Gasteiger partial charge in [0.05, 0.1) is 6.10 Å². The van der Waals surface area contributed by atoms with Crippen LogP contribution in [0.2, 0.25) is 0 Å². The molecule has 0 spiro atoms. The minimum atomic E-state index is -0.440. The van der Waals surface area contributed by atoms with Gasteiger partial charge in [-0.1, -0.05) is 37.3 Å². The number of fused-ring (bicyclic) bond motifs is 1. The first-order valence-corrected chi connectivity index (χ1v) is 8.52. The third-order valence-corrected chi connectivity index (χ3v) is 4.07. The fourth-order valence-corrected chi connectivity index (χ4v) is 2.57. The van der Waals surface area contributed by atoms with Crippen LogP contribution in [0.1, 0.15) is 20.3 Å². The molecule has 0 saturated carbocycles. The number of carbonyl (C=O) groups is 1. The van der Waals surface area contributed by atoms with E-state index in [9.17, 15) is 9.59 Å². The molecule has 0 radical (unpaired) electrons. The van der Waals surface area contributed by atoms with Crippen molar-refractivity contribution in [2.24, 2.45) is 0 Å². The summed E-state index contributed by atoms with van der Waals surface area (Å²) in [7, 11) is 0. The Bertz CT molecular complexity index is 959. The molecule has 0 N–H and O–H groups in total. The summed E-state index contributed by atoms with van der Waals surface area (Å²) >= 11 is 0. The van der Waals surface area contributed by atoms with Gasteiger partial charge in [0.2, 0.25) is 0 Å². The lowest BCUT2D eigenvalue weighted by molar-refractivity contribution is -0.150. The summed E-state index contributed by atoms with van der Waals surface area (Å²) in [5.74, 6) is 0.00546. The maximum absolute atomic E-state index is 11.9. The molecule has 1 aromatic heterocycles. The number of rotatable bonds is 6. The number of benzene rings is 2. The molecule has 5 nitrogen and oxygen atoms in total. The summed E-state index contributed by atoms with van der Waals surface area (Å²) in [5, 5.41) is 0.797. The van der Waals surface area contributed by atoms with Crippen LogP contribution in [0.15, 0.2) is 63.8 Å². The molecule has 1 atom stereocenters. The molecular weight excluding hydrogens is 332 g/mol. The van der Waals surface area contributed by atoms with E-state index in [2.05, 4.69) is 0 Å². The number of hydrogen-bond acceptors (Lipinski definition) is 5. The Labute approximate surface area is 151 Å². The fraction of sp³-hybridized carbons (Fsp3) is 0.238. The number of ether oxygens (including phenoxy) is 2. The highest BCUT2D eigenvalue weighted by Crippen LogP contribution is 2.29. The molecule has 0 aliphatic heterocycles. The Morgan fingerprint density at radius 2 is 1.88 bits per heavy atom. The zero-order chi connectivity index (χ0) is 18.5. The lowest BCUT2D eigenvalue weighted by atomic mass is 10.0. The van der Waals surface area contributed by atoms with E-state index in [0.717, 1.165) is 22.9 Å². The smallest absolute Gasteiger partial charge is 0.344 e. The Morgan fingerprint density at radius 1 is 1.12 bits per heavy atom. The van der Waals surface area contributed by atoms with E-state index in [1.807, 2.05) is 50.2 Å². The summed E-state index contributed by atoms with van der Waals surface area (Å²) in [6, 6.07) is 16.3. The van der Waals surface area contributed by atoms with Crippen LogP contribution >= 0.6 is 0 Å². The summed E-state index contributed by atoms with van der Waals surface area (Å²) in [5.41, 5.74) is 1.68. The average Bonchev–Trinajstić information content (AvgIpc) is 2.66. The zero-order valence-corrected chi connectivity index (χ0v) is 14.7. The molecule has 0 fully saturated rings. The topological polar surface area (TPSA) is 65.7 Å². The minimum Gasteiger partial charge on any atom is -0.482 e. The van der Waals surface area contributed by atoms with Crippen LogP contribution in [-0.4, -0.2) is 18.7 Å². The molecule has 5 heteroatoms. The summed E-state index contributed by atoms with van der Waals surface area (Å²) < 4.78 is 15.9. The molecule has 3 aromatic rings. The van der Waals surface area contributed by atoms with E-state index in [-0.39, 0.29) is 12.7 Å². The van der Waals surface area contributed by atoms with Gasteiger partial charge in [0.25, 0.3) is 0 Å². The maximum Gasteiger partial charge on any atom is 0.344 e. The zero-order valence-electron chi connectivity index (χ0n) is 14.7. The summed E-state index contributed by atoms with van der Waals surface area (Å²) in [4.78, 5) is 23.6. The van der Waals surface area contributed by atoms with Crippen LogP contribution in [0.25, 0.3) is 22.1 Å². The molecule has 1 heterocycles. The molecule has 26 heavy (non-hydrogen) atoms. The first kappa shape index (κ1) is 17.7. The second kappa shape index (κ2) is 7.87. The van der Waals surface area contributed by atoms with Gasteiger partial charge in [0, 0.05) is 17.5 Å². The molecule has 0 bridgehead atoms. The van der Waals surface area contributed by atoms with E-state index < -0.39 is 11.6 Å². The van der Waals surface area contributed by atoms with Crippen molar-refractivity contribution in [1.82, 2.24) is 0 Å². The highest BCUT2D eigenvalue weighted by atomic mass is 16.6. The summed E-state index contributed by atoms with van der Waals surface area (Å²) in [6.45, 7) is 3.57. The van der Waals surface area contributed by atoms with Crippen molar-refractivity contribution in [3.63, 3.8) is 0 Å². The highest BCUT2D eigenvalue weighted by Gasteiger charge is 2.11. The highest BCUT2D eigenvalue weighted by molar-refractivity contribution is 5.93. The van der Waals surface area contributed by atoms with Crippen LogP contribution in [0, 0.1) is 0 Å². The van der Waals surface area contributed by atoms with Gasteiger partial charge in [-0.2, -0.15) is 0 Å². The molecule has 0 aliphatic carbocycles. The fourth-order valence-electron chi connectivity index (χ4n) is 2.57. The van der Waals surface area contributed by atoms with Gasteiger partial charge in [-0.15, -0.1) is 0 Å². The molecule has 134 valence electrons. The Kier molecular flexibility index (Phi) is 5.37. The Hall–Kier alpha value is -3.08. The van der Waals surface area contributed by atoms with Gasteiger partial charge in [-0.05, 0) is 36.6 Å². The monoisotopic (exact) mass is 352 g/mol. The van der Waals surface area contributed by atoms with Crippen molar-refractivity contribution in [3.05, 3.63) is 65.0 Å². The van der Waals surface area contributed by atoms with E-state index in [4.69, 9.17) is 13.9 Å². The predicted molar refractivity (Wildman–Crippen MR) is 99.3 cm³/mol. The number of esters is 1. The van der Waals surface area contributed by atoms with Gasteiger partial charge in [0.15, 0.2) is 6.61 Å². The van der Waals surface area contributed by atoms with Crippen molar-refractivity contribution >= 4 is 16.9 Å². The molecule has 0 aliphatic rings. The SMILES string of the molecule is CC[C@@H](C)OC(=O)COc1ccc2c(-c3ccccc3)cc(=O)oc2c1. The van der Waals surface area contributed by atoms with E-state index in [0.29, 0.717) is 11.3 Å². The first-order valence-electron chi connectivity index (χ1n) is 8.52. The number of carbonyl (C=O) groups excluding carboxylic acids is 1. The largest absolute Gasteiger partial charge is 0.482 e. The van der Waals surface area contributed by atoms with Gasteiger partial charge in [0.1, 0.15) is 11.3 Å². The van der Waals surface area contributed by atoms with Gasteiger partial charge < -0.3 is 13.9 Å². The molecule has 0 unspecified atom stereocenters. The lowest BCUT2D eigenvalue weighted by Gasteiger charge is -2.12. The normalized spacial score (nSPS) is 11.9. The number of hydrogen-bond donors (Lipinski definition) is 0. The van der Waals surface area contributed by atoms with E-state index in [1.165, 1.54) is 6.07 Å². The van der Waals surface area contributed by atoms with Gasteiger partial charge in [-0.25, -0.2) is 9.59 Å². The van der Waals surface area contributed by atoms with Crippen molar-refractivity contribution < 1.29 is 18.7 Å². The van der Waals surface area contributed by atoms with Crippen LogP contribution in [0.5, 0.6) is 5.75 Å². The first-order chi connectivity index (χ1) is 12.6. The predicted octanol–water partition coefficient (Wildman–Crippen LogP) is 4.18. The third kappa shape index (κ3) is 4.11. The van der Waals surface area contributed by atoms with Gasteiger partial charge >= 0.3 is 11.6 Å². The Morgan fingerprint density at radius 3 is 2.62 bits per heavy atom. The van der Waals surface area contributed by atoms with Crippen LogP contribution in [-0.2, 0) is 9.53 Å².